The number of hydrogen-bond donors (Lipinski definition) is 0. The van der Waals surface area contributed by atoms with Crippen LogP contribution in [0.1, 0.15) is 41.1 Å². The SMILES string of the molecule is Cc1c(N2CCc3ncc(N4CCC(F)(F)CC4)cc3C2)nn2c(C(F)(F)F)nnc2c1C. The fraction of sp³-hybridized carbons (Fsp3) is 0.524. The van der Waals surface area contributed by atoms with Gasteiger partial charge in [-0.05, 0) is 25.5 Å². The number of halogens is 5. The molecule has 2 aliphatic rings. The van der Waals surface area contributed by atoms with Crippen LogP contribution in [0.4, 0.5) is 33.5 Å². The van der Waals surface area contributed by atoms with E-state index in [1.54, 1.807) is 20.0 Å². The lowest BCUT2D eigenvalue weighted by Gasteiger charge is -2.35. The number of nitrogens with zero attached hydrogens (tertiary/aromatic N) is 7. The van der Waals surface area contributed by atoms with Crippen LogP contribution in [0.25, 0.3) is 5.65 Å². The largest absolute Gasteiger partial charge is 0.453 e. The highest BCUT2D eigenvalue weighted by Gasteiger charge is 2.39. The summed E-state index contributed by atoms with van der Waals surface area (Å²) in [6.07, 6.45) is -2.76. The molecule has 5 heterocycles. The zero-order chi connectivity index (χ0) is 23.5. The van der Waals surface area contributed by atoms with E-state index in [2.05, 4.69) is 20.3 Å². The van der Waals surface area contributed by atoms with E-state index in [-0.39, 0.29) is 31.6 Å². The first-order valence-electron chi connectivity index (χ1n) is 10.7. The highest BCUT2D eigenvalue weighted by atomic mass is 19.4. The lowest BCUT2D eigenvalue weighted by molar-refractivity contribution is -0.146. The van der Waals surface area contributed by atoms with Gasteiger partial charge in [-0.1, -0.05) is 0 Å². The molecule has 0 aromatic carbocycles. The number of hydrogen-bond acceptors (Lipinski definition) is 6. The second-order valence-electron chi connectivity index (χ2n) is 8.64. The Labute approximate surface area is 186 Å². The Bertz CT molecular complexity index is 1210. The molecular formula is C21H22F5N7. The minimum absolute atomic E-state index is 0.0758. The van der Waals surface area contributed by atoms with Crippen molar-refractivity contribution in [1.82, 2.24) is 24.8 Å². The lowest BCUT2D eigenvalue weighted by atomic mass is 10.0. The van der Waals surface area contributed by atoms with Gasteiger partial charge in [0.25, 0.3) is 11.7 Å². The molecular weight excluding hydrogens is 445 g/mol. The summed E-state index contributed by atoms with van der Waals surface area (Å²) >= 11 is 0. The van der Waals surface area contributed by atoms with Gasteiger partial charge in [0.2, 0.25) is 0 Å². The van der Waals surface area contributed by atoms with Crippen LogP contribution in [0.15, 0.2) is 12.3 Å². The molecule has 5 rings (SSSR count). The predicted molar refractivity (Wildman–Crippen MR) is 111 cm³/mol. The molecule has 0 spiro atoms. The second kappa shape index (κ2) is 7.49. The minimum Gasteiger partial charge on any atom is -0.370 e. The Balaban J connectivity index is 1.47. The Kier molecular flexibility index (Phi) is 4.94. The highest BCUT2D eigenvalue weighted by Crippen LogP contribution is 2.34. The van der Waals surface area contributed by atoms with Crippen molar-refractivity contribution in [2.45, 2.75) is 51.8 Å². The maximum atomic E-state index is 13.5. The number of aromatic nitrogens is 5. The standard InChI is InChI=1S/C21H22F5N7/c1-12-13(2)18(30-33-17(12)28-29-19(33)21(24,25)26)32-6-3-16-14(11-32)9-15(10-27-16)31-7-4-20(22,23)5-8-31/h9-10H,3-8,11H2,1-2H3. The molecule has 0 aliphatic carbocycles. The summed E-state index contributed by atoms with van der Waals surface area (Å²) in [6, 6.07) is 1.94. The van der Waals surface area contributed by atoms with Crippen molar-refractivity contribution in [1.29, 1.82) is 0 Å². The normalized spacial score (nSPS) is 18.6. The van der Waals surface area contributed by atoms with Crippen LogP contribution in [0.5, 0.6) is 0 Å². The average Bonchev–Trinajstić information content (AvgIpc) is 3.20. The number of aryl methyl sites for hydroxylation is 1. The average molecular weight is 467 g/mol. The van der Waals surface area contributed by atoms with Crippen LogP contribution >= 0.6 is 0 Å². The van der Waals surface area contributed by atoms with E-state index >= 15 is 0 Å². The third kappa shape index (κ3) is 3.84. The number of anilines is 2. The predicted octanol–water partition coefficient (Wildman–Crippen LogP) is 3.95. The number of alkyl halides is 5. The van der Waals surface area contributed by atoms with Gasteiger partial charge >= 0.3 is 6.18 Å². The van der Waals surface area contributed by atoms with Gasteiger partial charge in [-0.25, -0.2) is 8.78 Å². The molecule has 1 fully saturated rings. The van der Waals surface area contributed by atoms with E-state index < -0.39 is 17.9 Å². The molecule has 33 heavy (non-hydrogen) atoms. The van der Waals surface area contributed by atoms with Crippen LogP contribution in [0.2, 0.25) is 0 Å². The second-order valence-corrected chi connectivity index (χ2v) is 8.64. The Morgan fingerprint density at radius 2 is 1.70 bits per heavy atom. The minimum atomic E-state index is -4.68. The zero-order valence-electron chi connectivity index (χ0n) is 18.1. The molecule has 3 aromatic heterocycles. The molecule has 0 unspecified atom stereocenters. The summed E-state index contributed by atoms with van der Waals surface area (Å²) in [5.74, 6) is -3.37. The summed E-state index contributed by atoms with van der Waals surface area (Å²) in [6.45, 7) is 4.95. The summed E-state index contributed by atoms with van der Waals surface area (Å²) in [7, 11) is 0. The maximum absolute atomic E-state index is 13.5. The van der Waals surface area contributed by atoms with Gasteiger partial charge in [0.15, 0.2) is 11.5 Å². The number of rotatable bonds is 2. The van der Waals surface area contributed by atoms with Crippen molar-refractivity contribution in [3.8, 4) is 0 Å². The smallest absolute Gasteiger partial charge is 0.370 e. The number of pyridine rings is 1. The maximum Gasteiger partial charge on any atom is 0.453 e. The molecule has 1 saturated heterocycles. The highest BCUT2D eigenvalue weighted by molar-refractivity contribution is 5.60. The van der Waals surface area contributed by atoms with Crippen molar-refractivity contribution < 1.29 is 22.0 Å². The lowest BCUT2D eigenvalue weighted by Crippen LogP contribution is -2.39. The van der Waals surface area contributed by atoms with Crippen LogP contribution in [0.3, 0.4) is 0 Å². The van der Waals surface area contributed by atoms with E-state index in [9.17, 15) is 22.0 Å². The first-order chi connectivity index (χ1) is 15.5. The van der Waals surface area contributed by atoms with Crippen LogP contribution < -0.4 is 9.80 Å². The van der Waals surface area contributed by atoms with Crippen molar-refractivity contribution in [3.05, 3.63) is 40.5 Å². The Morgan fingerprint density at radius 1 is 0.970 bits per heavy atom. The van der Waals surface area contributed by atoms with Gasteiger partial charge in [-0.2, -0.15) is 17.7 Å². The molecule has 3 aromatic rings. The van der Waals surface area contributed by atoms with Crippen LogP contribution in [-0.4, -0.2) is 50.4 Å². The molecule has 0 bridgehead atoms. The van der Waals surface area contributed by atoms with Gasteiger partial charge in [0.1, 0.15) is 0 Å². The fourth-order valence-electron chi connectivity index (χ4n) is 4.45. The molecule has 7 nitrogen and oxygen atoms in total. The number of fused-ring (bicyclic) bond motifs is 2. The molecule has 0 N–H and O–H groups in total. The van der Waals surface area contributed by atoms with E-state index in [1.165, 1.54) is 0 Å². The molecule has 0 atom stereocenters. The Hall–Kier alpha value is -3.05. The van der Waals surface area contributed by atoms with Crippen LogP contribution in [0, 0.1) is 13.8 Å². The zero-order valence-corrected chi connectivity index (χ0v) is 18.1. The van der Waals surface area contributed by atoms with E-state index in [4.69, 9.17) is 0 Å². The fourth-order valence-corrected chi connectivity index (χ4v) is 4.45. The van der Waals surface area contributed by atoms with Crippen LogP contribution in [-0.2, 0) is 19.1 Å². The van der Waals surface area contributed by atoms with Crippen molar-refractivity contribution >= 4 is 17.2 Å². The van der Waals surface area contributed by atoms with Crippen molar-refractivity contribution in [2.75, 3.05) is 29.4 Å². The summed E-state index contributed by atoms with van der Waals surface area (Å²) in [4.78, 5) is 8.35. The van der Waals surface area contributed by atoms with Gasteiger partial charge in [-0.15, -0.1) is 15.3 Å². The first-order valence-corrected chi connectivity index (χ1v) is 10.7. The van der Waals surface area contributed by atoms with E-state index in [1.807, 2.05) is 15.9 Å². The van der Waals surface area contributed by atoms with Gasteiger partial charge in [0, 0.05) is 62.3 Å². The molecule has 0 saturated carbocycles. The van der Waals surface area contributed by atoms with E-state index in [0.29, 0.717) is 30.9 Å². The topological polar surface area (TPSA) is 62.5 Å². The van der Waals surface area contributed by atoms with Gasteiger partial charge in [-0.3, -0.25) is 4.98 Å². The Morgan fingerprint density at radius 3 is 2.39 bits per heavy atom. The van der Waals surface area contributed by atoms with Crippen molar-refractivity contribution in [2.24, 2.45) is 0 Å². The number of piperidine rings is 1. The van der Waals surface area contributed by atoms with Gasteiger partial charge in [0.05, 0.1) is 11.9 Å². The third-order valence-corrected chi connectivity index (χ3v) is 6.51. The first kappa shape index (κ1) is 21.8. The quantitative estimate of drug-likeness (QED) is 0.532. The summed E-state index contributed by atoms with van der Waals surface area (Å²) in [5.41, 5.74) is 3.97. The molecule has 12 heteroatoms. The molecule has 0 radical (unpaired) electrons. The third-order valence-electron chi connectivity index (χ3n) is 6.51. The molecule has 2 aliphatic heterocycles. The molecule has 0 amide bonds. The summed E-state index contributed by atoms with van der Waals surface area (Å²) in [5, 5.41) is 11.3. The molecule has 176 valence electrons. The van der Waals surface area contributed by atoms with Crippen molar-refractivity contribution in [3.63, 3.8) is 0 Å². The van der Waals surface area contributed by atoms with Gasteiger partial charge < -0.3 is 9.80 Å². The summed E-state index contributed by atoms with van der Waals surface area (Å²) < 4.78 is 68.0. The monoisotopic (exact) mass is 467 g/mol. The van der Waals surface area contributed by atoms with E-state index in [0.717, 1.165) is 27.0 Å².